The standard InChI is InChI=1S/C10H21NO2/c1-5-10(3,4)8(11)7-9(12)13-6-2/h8H,5-7,11H2,1-4H3/t8-/m0/s1. The van der Waals surface area contributed by atoms with Crippen LogP contribution in [0, 0.1) is 5.41 Å². The molecule has 0 amide bonds. The molecule has 13 heavy (non-hydrogen) atoms. The molecule has 0 unspecified atom stereocenters. The van der Waals surface area contributed by atoms with Gasteiger partial charge in [-0.15, -0.1) is 0 Å². The highest BCUT2D eigenvalue weighted by molar-refractivity contribution is 5.70. The first kappa shape index (κ1) is 12.4. The van der Waals surface area contributed by atoms with Crippen molar-refractivity contribution in [2.45, 2.75) is 46.6 Å². The second kappa shape index (κ2) is 5.22. The second-order valence-corrected chi connectivity index (χ2v) is 3.96. The molecule has 0 fully saturated rings. The molecule has 0 radical (unpaired) electrons. The first-order chi connectivity index (χ1) is 5.94. The molecule has 0 aromatic carbocycles. The van der Waals surface area contributed by atoms with Gasteiger partial charge in [0.15, 0.2) is 0 Å². The first-order valence-electron chi connectivity index (χ1n) is 4.85. The summed E-state index contributed by atoms with van der Waals surface area (Å²) in [5.41, 5.74) is 5.90. The van der Waals surface area contributed by atoms with Gasteiger partial charge in [0, 0.05) is 6.04 Å². The Balaban J connectivity index is 3.99. The lowest BCUT2D eigenvalue weighted by Crippen LogP contribution is -2.39. The van der Waals surface area contributed by atoms with Crippen LogP contribution in [0.4, 0.5) is 0 Å². The number of hydrogen-bond acceptors (Lipinski definition) is 3. The van der Waals surface area contributed by atoms with Crippen LogP contribution in [0.2, 0.25) is 0 Å². The summed E-state index contributed by atoms with van der Waals surface area (Å²) in [5.74, 6) is -0.198. The summed E-state index contributed by atoms with van der Waals surface area (Å²) < 4.78 is 4.83. The fraction of sp³-hybridized carbons (Fsp3) is 0.900. The van der Waals surface area contributed by atoms with Gasteiger partial charge in [0.25, 0.3) is 0 Å². The minimum Gasteiger partial charge on any atom is -0.466 e. The van der Waals surface area contributed by atoms with Crippen molar-refractivity contribution in [3.8, 4) is 0 Å². The van der Waals surface area contributed by atoms with Crippen LogP contribution in [0.15, 0.2) is 0 Å². The summed E-state index contributed by atoms with van der Waals surface area (Å²) in [6.07, 6.45) is 1.28. The van der Waals surface area contributed by atoms with Gasteiger partial charge < -0.3 is 10.5 Å². The monoisotopic (exact) mass is 187 g/mol. The molecule has 2 N–H and O–H groups in total. The number of carbonyl (C=O) groups excluding carboxylic acids is 1. The Morgan fingerprint density at radius 3 is 2.38 bits per heavy atom. The highest BCUT2D eigenvalue weighted by Crippen LogP contribution is 2.25. The highest BCUT2D eigenvalue weighted by atomic mass is 16.5. The summed E-state index contributed by atoms with van der Waals surface area (Å²) in [6, 6.07) is -0.114. The van der Waals surface area contributed by atoms with Gasteiger partial charge in [-0.2, -0.15) is 0 Å². The number of ether oxygens (including phenoxy) is 1. The molecule has 1 atom stereocenters. The molecule has 0 aliphatic carbocycles. The zero-order chi connectivity index (χ0) is 10.5. The molecule has 0 aromatic heterocycles. The van der Waals surface area contributed by atoms with Crippen molar-refractivity contribution in [2.24, 2.45) is 11.1 Å². The summed E-state index contributed by atoms with van der Waals surface area (Å²) in [5, 5.41) is 0. The molecule has 0 aromatic rings. The largest absolute Gasteiger partial charge is 0.466 e. The van der Waals surface area contributed by atoms with Crippen LogP contribution in [0.5, 0.6) is 0 Å². The van der Waals surface area contributed by atoms with Crippen LogP contribution in [0.25, 0.3) is 0 Å². The molecule has 0 heterocycles. The molecule has 3 heteroatoms. The molecular weight excluding hydrogens is 166 g/mol. The van der Waals surface area contributed by atoms with E-state index in [1.165, 1.54) is 0 Å². The number of carbonyl (C=O) groups is 1. The van der Waals surface area contributed by atoms with E-state index in [4.69, 9.17) is 10.5 Å². The fourth-order valence-electron chi connectivity index (χ4n) is 0.938. The Hall–Kier alpha value is -0.570. The van der Waals surface area contributed by atoms with Gasteiger partial charge in [-0.3, -0.25) is 4.79 Å². The topological polar surface area (TPSA) is 52.3 Å². The van der Waals surface area contributed by atoms with Crippen molar-refractivity contribution in [3.63, 3.8) is 0 Å². The van der Waals surface area contributed by atoms with Crippen molar-refractivity contribution < 1.29 is 9.53 Å². The number of rotatable bonds is 5. The van der Waals surface area contributed by atoms with Crippen LogP contribution in [0.1, 0.15) is 40.5 Å². The summed E-state index contributed by atoms with van der Waals surface area (Å²) in [6.45, 7) is 8.44. The van der Waals surface area contributed by atoms with E-state index in [1.807, 2.05) is 0 Å². The van der Waals surface area contributed by atoms with Crippen molar-refractivity contribution in [3.05, 3.63) is 0 Å². The maximum Gasteiger partial charge on any atom is 0.307 e. The molecule has 0 spiro atoms. The maximum absolute atomic E-state index is 11.1. The van der Waals surface area contributed by atoms with Gasteiger partial charge in [-0.25, -0.2) is 0 Å². The lowest BCUT2D eigenvalue weighted by atomic mass is 9.81. The molecular formula is C10H21NO2. The average Bonchev–Trinajstić information content (AvgIpc) is 2.04. The van der Waals surface area contributed by atoms with Crippen molar-refractivity contribution in [1.82, 2.24) is 0 Å². The zero-order valence-corrected chi connectivity index (χ0v) is 9.09. The molecule has 0 saturated heterocycles. The van der Waals surface area contributed by atoms with Crippen molar-refractivity contribution >= 4 is 5.97 Å². The minimum absolute atomic E-state index is 0.00671. The molecule has 0 aliphatic heterocycles. The third-order valence-corrected chi connectivity index (χ3v) is 2.61. The van der Waals surface area contributed by atoms with E-state index in [-0.39, 0.29) is 17.4 Å². The van der Waals surface area contributed by atoms with Gasteiger partial charge in [-0.1, -0.05) is 20.8 Å². The predicted octanol–water partition coefficient (Wildman–Crippen LogP) is 1.70. The Bertz CT molecular complexity index is 166. The van der Waals surface area contributed by atoms with Crippen molar-refractivity contribution in [1.29, 1.82) is 0 Å². The number of esters is 1. The van der Waals surface area contributed by atoms with Gasteiger partial charge in [0.1, 0.15) is 0 Å². The van der Waals surface area contributed by atoms with E-state index >= 15 is 0 Å². The minimum atomic E-state index is -0.198. The fourth-order valence-corrected chi connectivity index (χ4v) is 0.938. The lowest BCUT2D eigenvalue weighted by Gasteiger charge is -2.29. The molecule has 0 aliphatic rings. The molecule has 3 nitrogen and oxygen atoms in total. The van der Waals surface area contributed by atoms with Crippen LogP contribution < -0.4 is 5.73 Å². The Morgan fingerprint density at radius 2 is 2.00 bits per heavy atom. The van der Waals surface area contributed by atoms with Crippen LogP contribution in [0.3, 0.4) is 0 Å². The van der Waals surface area contributed by atoms with E-state index in [0.717, 1.165) is 6.42 Å². The second-order valence-electron chi connectivity index (χ2n) is 3.96. The zero-order valence-electron chi connectivity index (χ0n) is 9.09. The van der Waals surface area contributed by atoms with E-state index in [1.54, 1.807) is 6.92 Å². The quantitative estimate of drug-likeness (QED) is 0.666. The van der Waals surface area contributed by atoms with Gasteiger partial charge >= 0.3 is 5.97 Å². The van der Waals surface area contributed by atoms with Gasteiger partial charge in [-0.05, 0) is 18.8 Å². The number of hydrogen-bond donors (Lipinski definition) is 1. The molecule has 0 bridgehead atoms. The lowest BCUT2D eigenvalue weighted by molar-refractivity contribution is -0.144. The summed E-state index contributed by atoms with van der Waals surface area (Å²) in [7, 11) is 0. The van der Waals surface area contributed by atoms with E-state index in [9.17, 15) is 4.79 Å². The van der Waals surface area contributed by atoms with E-state index < -0.39 is 0 Å². The molecule has 0 saturated carbocycles. The average molecular weight is 187 g/mol. The Labute approximate surface area is 80.6 Å². The van der Waals surface area contributed by atoms with Crippen LogP contribution in [-0.2, 0) is 9.53 Å². The Morgan fingerprint density at radius 1 is 1.46 bits per heavy atom. The summed E-state index contributed by atoms with van der Waals surface area (Å²) in [4.78, 5) is 11.1. The van der Waals surface area contributed by atoms with Crippen LogP contribution in [-0.4, -0.2) is 18.6 Å². The molecule has 78 valence electrons. The highest BCUT2D eigenvalue weighted by Gasteiger charge is 2.26. The first-order valence-corrected chi connectivity index (χ1v) is 4.85. The van der Waals surface area contributed by atoms with Gasteiger partial charge in [0.05, 0.1) is 13.0 Å². The molecule has 0 rings (SSSR count). The Kier molecular flexibility index (Phi) is 4.99. The smallest absolute Gasteiger partial charge is 0.307 e. The summed E-state index contributed by atoms with van der Waals surface area (Å²) >= 11 is 0. The maximum atomic E-state index is 11.1. The van der Waals surface area contributed by atoms with E-state index in [0.29, 0.717) is 13.0 Å². The third kappa shape index (κ3) is 4.27. The van der Waals surface area contributed by atoms with Crippen molar-refractivity contribution in [2.75, 3.05) is 6.61 Å². The van der Waals surface area contributed by atoms with Gasteiger partial charge in [0.2, 0.25) is 0 Å². The third-order valence-electron chi connectivity index (χ3n) is 2.61. The number of nitrogens with two attached hydrogens (primary N) is 1. The predicted molar refractivity (Wildman–Crippen MR) is 53.3 cm³/mol. The normalized spacial score (nSPS) is 13.9. The SMILES string of the molecule is CCOC(=O)C[C@H](N)C(C)(C)CC. The van der Waals surface area contributed by atoms with Crippen LogP contribution >= 0.6 is 0 Å². The van der Waals surface area contributed by atoms with E-state index in [2.05, 4.69) is 20.8 Å².